The molecule has 0 unspecified atom stereocenters. The van der Waals surface area contributed by atoms with Crippen molar-refractivity contribution in [3.63, 3.8) is 0 Å². The second kappa shape index (κ2) is 12.9. The van der Waals surface area contributed by atoms with Crippen molar-refractivity contribution in [1.82, 2.24) is 4.98 Å². The van der Waals surface area contributed by atoms with Gasteiger partial charge in [-0.05, 0) is 30.3 Å². The van der Waals surface area contributed by atoms with Crippen molar-refractivity contribution in [2.45, 2.75) is 13.8 Å². The van der Waals surface area contributed by atoms with Gasteiger partial charge in [-0.15, -0.1) is 11.3 Å². The van der Waals surface area contributed by atoms with Crippen LogP contribution in [0.15, 0.2) is 72.1 Å². The third-order valence-corrected chi connectivity index (χ3v) is 6.13. The van der Waals surface area contributed by atoms with E-state index < -0.39 is 0 Å². The highest BCUT2D eigenvalue weighted by Crippen LogP contribution is 2.34. The van der Waals surface area contributed by atoms with Crippen molar-refractivity contribution in [3.05, 3.63) is 82.7 Å². The van der Waals surface area contributed by atoms with Gasteiger partial charge in [0.15, 0.2) is 0 Å². The van der Waals surface area contributed by atoms with E-state index in [1.165, 1.54) is 0 Å². The molecule has 182 valence electrons. The molecular weight excluding hydrogens is 482 g/mol. The lowest BCUT2D eigenvalue weighted by Gasteiger charge is -2.14. The zero-order valence-electron chi connectivity index (χ0n) is 19.8. The van der Waals surface area contributed by atoms with Crippen LogP contribution in [-0.4, -0.2) is 36.3 Å². The summed E-state index contributed by atoms with van der Waals surface area (Å²) in [5.41, 5.74) is 4.20. The van der Waals surface area contributed by atoms with E-state index in [2.05, 4.69) is 10.6 Å². The van der Waals surface area contributed by atoms with Crippen molar-refractivity contribution < 1.29 is 14.6 Å². The third-order valence-electron chi connectivity index (χ3n) is 4.93. The maximum Gasteiger partial charge on any atom is 0.257 e. The molecule has 1 heterocycles. The molecule has 0 aliphatic heterocycles. The number of benzene rings is 3. The van der Waals surface area contributed by atoms with Crippen molar-refractivity contribution in [2.24, 2.45) is 0 Å². The molecule has 0 aliphatic carbocycles. The minimum Gasteiger partial charge on any atom is -0.497 e. The number of nitrogens with one attached hydrogen (secondary N) is 2. The van der Waals surface area contributed by atoms with Crippen LogP contribution < -0.4 is 15.4 Å². The van der Waals surface area contributed by atoms with Gasteiger partial charge in [0.2, 0.25) is 0 Å². The van der Waals surface area contributed by atoms with Crippen molar-refractivity contribution >= 4 is 40.2 Å². The minimum atomic E-state index is -0.304. The Morgan fingerprint density at radius 3 is 2.54 bits per heavy atom. The molecule has 0 spiro atoms. The summed E-state index contributed by atoms with van der Waals surface area (Å²) >= 11 is 8.10. The normalized spacial score (nSPS) is 10.2. The zero-order valence-corrected chi connectivity index (χ0v) is 21.4. The Labute approximate surface area is 214 Å². The van der Waals surface area contributed by atoms with Gasteiger partial charge in [-0.3, -0.25) is 4.79 Å². The lowest BCUT2D eigenvalue weighted by molar-refractivity contribution is 0.102. The number of rotatable bonds is 8. The monoisotopic (exact) mass is 509 g/mol. The molecule has 0 atom stereocenters. The van der Waals surface area contributed by atoms with Crippen molar-refractivity contribution in [3.8, 4) is 27.6 Å². The van der Waals surface area contributed by atoms with Gasteiger partial charge < -0.3 is 20.5 Å². The Balaban J connectivity index is 0.00000167. The van der Waals surface area contributed by atoms with Crippen molar-refractivity contribution in [1.29, 1.82) is 0 Å². The summed E-state index contributed by atoms with van der Waals surface area (Å²) in [4.78, 5) is 17.6. The predicted molar refractivity (Wildman–Crippen MR) is 146 cm³/mol. The molecule has 0 bridgehead atoms. The second-order valence-electron chi connectivity index (χ2n) is 7.11. The molecule has 0 radical (unpaired) electrons. The fourth-order valence-corrected chi connectivity index (χ4v) is 4.40. The van der Waals surface area contributed by atoms with E-state index >= 15 is 0 Å². The van der Waals surface area contributed by atoms with E-state index in [9.17, 15) is 4.79 Å². The highest BCUT2D eigenvalue weighted by Gasteiger charge is 2.15. The summed E-state index contributed by atoms with van der Waals surface area (Å²) < 4.78 is 5.23. The maximum atomic E-state index is 12.9. The molecule has 0 saturated heterocycles. The number of thiazole rings is 1. The number of amides is 1. The van der Waals surface area contributed by atoms with E-state index in [0.717, 1.165) is 21.8 Å². The lowest BCUT2D eigenvalue weighted by atomic mass is 10.1. The van der Waals surface area contributed by atoms with Crippen molar-refractivity contribution in [2.75, 3.05) is 30.9 Å². The standard InChI is InChI=1S/C25H22ClN3O3S.C2H6/c1-32-18-8-10-20(22(14-18)27-11-12-30)24(31)28-17-7-9-19(21(26)13-17)23-15-33-25(29-23)16-5-3-2-4-6-16;1-2/h2-10,13-15,27,30H,11-12H2,1H3,(H,28,31);1-2H3. The van der Waals surface area contributed by atoms with Crippen LogP contribution in [0.3, 0.4) is 0 Å². The Hall–Kier alpha value is -3.39. The lowest BCUT2D eigenvalue weighted by Crippen LogP contribution is -2.16. The molecule has 0 saturated carbocycles. The number of aliphatic hydroxyl groups is 1. The molecule has 0 fully saturated rings. The van der Waals surface area contributed by atoms with Crippen LogP contribution in [0.5, 0.6) is 5.75 Å². The Kier molecular flexibility index (Phi) is 9.66. The molecule has 1 amide bonds. The number of carbonyl (C=O) groups excluding carboxylic acids is 1. The van der Waals surface area contributed by atoms with Crippen LogP contribution in [0.4, 0.5) is 11.4 Å². The Morgan fingerprint density at radius 1 is 1.09 bits per heavy atom. The van der Waals surface area contributed by atoms with Crippen LogP contribution in [0.25, 0.3) is 21.8 Å². The number of hydrogen-bond donors (Lipinski definition) is 3. The topological polar surface area (TPSA) is 83.5 Å². The fraction of sp³-hybridized carbons (Fsp3) is 0.185. The number of aromatic nitrogens is 1. The summed E-state index contributed by atoms with van der Waals surface area (Å²) in [5.74, 6) is 0.305. The smallest absolute Gasteiger partial charge is 0.257 e. The van der Waals surface area contributed by atoms with Gasteiger partial charge in [-0.25, -0.2) is 4.98 Å². The van der Waals surface area contributed by atoms with Crippen LogP contribution >= 0.6 is 22.9 Å². The number of ether oxygens (including phenoxy) is 1. The molecule has 8 heteroatoms. The molecule has 4 aromatic rings. The minimum absolute atomic E-state index is 0.0576. The SMILES string of the molecule is CC.COc1ccc(C(=O)Nc2ccc(-c3csc(-c4ccccc4)n3)c(Cl)c2)c(NCCO)c1. The number of halogens is 1. The summed E-state index contributed by atoms with van der Waals surface area (Å²) in [7, 11) is 1.56. The first-order chi connectivity index (χ1) is 17.1. The van der Waals surface area contributed by atoms with Gasteiger partial charge >= 0.3 is 0 Å². The number of hydrogen-bond acceptors (Lipinski definition) is 6. The van der Waals surface area contributed by atoms with Crippen LogP contribution in [0.2, 0.25) is 5.02 Å². The molecule has 3 N–H and O–H groups in total. The molecular formula is C27H28ClN3O3S. The summed E-state index contributed by atoms with van der Waals surface area (Å²) in [6, 6.07) is 20.4. The maximum absolute atomic E-state index is 12.9. The van der Waals surface area contributed by atoms with E-state index in [1.807, 2.05) is 55.6 Å². The van der Waals surface area contributed by atoms with Crippen LogP contribution in [0.1, 0.15) is 24.2 Å². The zero-order chi connectivity index (χ0) is 25.2. The van der Waals surface area contributed by atoms with Crippen LogP contribution in [0, 0.1) is 0 Å². The van der Waals surface area contributed by atoms with E-state index in [1.54, 1.807) is 48.8 Å². The average molecular weight is 510 g/mol. The molecule has 35 heavy (non-hydrogen) atoms. The second-order valence-corrected chi connectivity index (χ2v) is 8.38. The van der Waals surface area contributed by atoms with E-state index in [4.69, 9.17) is 26.4 Å². The summed E-state index contributed by atoms with van der Waals surface area (Å²) in [6.07, 6.45) is 0. The number of aliphatic hydroxyl groups excluding tert-OH is 1. The number of carbonyl (C=O) groups is 1. The number of anilines is 2. The summed E-state index contributed by atoms with van der Waals surface area (Å²) in [6.45, 7) is 4.25. The predicted octanol–water partition coefficient (Wildman–Crippen LogP) is 6.82. The highest BCUT2D eigenvalue weighted by atomic mass is 35.5. The van der Waals surface area contributed by atoms with Gasteiger partial charge in [0.25, 0.3) is 5.91 Å². The Bertz CT molecular complexity index is 1260. The Morgan fingerprint density at radius 2 is 1.86 bits per heavy atom. The van der Waals surface area contributed by atoms with Crippen LogP contribution in [-0.2, 0) is 0 Å². The van der Waals surface area contributed by atoms with Gasteiger partial charge in [0.05, 0.1) is 35.7 Å². The first kappa shape index (κ1) is 26.2. The van der Waals surface area contributed by atoms with E-state index in [0.29, 0.717) is 34.3 Å². The fourth-order valence-electron chi connectivity index (χ4n) is 3.29. The number of methoxy groups -OCH3 is 1. The molecule has 6 nitrogen and oxygen atoms in total. The third kappa shape index (κ3) is 6.60. The first-order valence-corrected chi connectivity index (χ1v) is 12.5. The molecule has 0 aliphatic rings. The van der Waals surface area contributed by atoms with Gasteiger partial charge in [0.1, 0.15) is 10.8 Å². The first-order valence-electron chi connectivity index (χ1n) is 11.2. The summed E-state index contributed by atoms with van der Waals surface area (Å²) in [5, 5.41) is 18.4. The van der Waals surface area contributed by atoms with Gasteiger partial charge in [-0.1, -0.05) is 55.8 Å². The quantitative estimate of drug-likeness (QED) is 0.242. The largest absolute Gasteiger partial charge is 0.497 e. The highest BCUT2D eigenvalue weighted by molar-refractivity contribution is 7.13. The van der Waals surface area contributed by atoms with E-state index in [-0.39, 0.29) is 12.5 Å². The average Bonchev–Trinajstić information content (AvgIpc) is 3.39. The van der Waals surface area contributed by atoms with Gasteiger partial charge in [0, 0.05) is 34.8 Å². The van der Waals surface area contributed by atoms with Gasteiger partial charge in [-0.2, -0.15) is 0 Å². The molecule has 1 aromatic heterocycles. The molecule has 4 rings (SSSR count). The number of nitrogens with zero attached hydrogens (tertiary/aromatic N) is 1. The molecule has 3 aromatic carbocycles.